The summed E-state index contributed by atoms with van der Waals surface area (Å²) in [7, 11) is 0. The Morgan fingerprint density at radius 1 is 0.579 bits per heavy atom. The van der Waals surface area contributed by atoms with Crippen LogP contribution in [0.2, 0.25) is 0 Å². The molecule has 0 aromatic heterocycles. The molecule has 0 unspecified atom stereocenters. The molecule has 0 saturated heterocycles. The van der Waals surface area contributed by atoms with Gasteiger partial charge in [0.2, 0.25) is 0 Å². The maximum Gasteiger partial charge on any atom is 0.343 e. The van der Waals surface area contributed by atoms with Gasteiger partial charge >= 0.3 is 11.9 Å². The number of aryl methyl sites for hydroxylation is 2. The lowest BCUT2D eigenvalue weighted by Gasteiger charge is -2.38. The lowest BCUT2D eigenvalue weighted by Crippen LogP contribution is -2.30. The summed E-state index contributed by atoms with van der Waals surface area (Å²) in [5.41, 5.74) is 5.40. The molecule has 0 bridgehead atoms. The molecule has 1 fully saturated rings. The Hall–Kier alpha value is -4.18. The first kappa shape index (κ1) is 25.5. The molecule has 4 nitrogen and oxygen atoms in total. The van der Waals surface area contributed by atoms with E-state index >= 15 is 0 Å². The second-order valence-electron chi connectivity index (χ2n) is 10.2. The summed E-state index contributed by atoms with van der Waals surface area (Å²) < 4.78 is 11.3. The largest absolute Gasteiger partial charge is 0.423 e. The Labute approximate surface area is 224 Å². The average Bonchev–Trinajstić information content (AvgIpc) is 2.94. The van der Waals surface area contributed by atoms with Crippen molar-refractivity contribution in [3.8, 4) is 11.5 Å². The van der Waals surface area contributed by atoms with Crippen molar-refractivity contribution in [3.63, 3.8) is 0 Å². The summed E-state index contributed by atoms with van der Waals surface area (Å²) in [6.07, 6.45) is 5.60. The summed E-state index contributed by atoms with van der Waals surface area (Å²) in [5.74, 6) is 0.350. The normalized spacial score (nSPS) is 14.5. The van der Waals surface area contributed by atoms with Gasteiger partial charge in [-0.1, -0.05) is 78.9 Å². The molecule has 38 heavy (non-hydrogen) atoms. The van der Waals surface area contributed by atoms with Crippen LogP contribution < -0.4 is 9.47 Å². The first-order valence-corrected chi connectivity index (χ1v) is 13.2. The van der Waals surface area contributed by atoms with Gasteiger partial charge in [-0.3, -0.25) is 0 Å². The lowest BCUT2D eigenvalue weighted by molar-refractivity contribution is 0.0725. The van der Waals surface area contributed by atoms with Crippen LogP contribution in [0.3, 0.4) is 0 Å². The van der Waals surface area contributed by atoms with E-state index in [0.717, 1.165) is 36.8 Å². The Morgan fingerprint density at radius 2 is 1.00 bits per heavy atom. The summed E-state index contributed by atoms with van der Waals surface area (Å²) in [4.78, 5) is 25.2. The van der Waals surface area contributed by atoms with Gasteiger partial charge in [0.15, 0.2) is 0 Å². The minimum Gasteiger partial charge on any atom is -0.423 e. The van der Waals surface area contributed by atoms with Crippen molar-refractivity contribution in [3.05, 3.63) is 130 Å². The molecule has 1 saturated carbocycles. The predicted octanol–water partition coefficient (Wildman–Crippen LogP) is 7.99. The van der Waals surface area contributed by atoms with E-state index in [0.29, 0.717) is 22.6 Å². The fourth-order valence-corrected chi connectivity index (χ4v) is 5.46. The third-order valence-electron chi connectivity index (χ3n) is 7.45. The topological polar surface area (TPSA) is 52.6 Å². The molecule has 0 N–H and O–H groups in total. The zero-order valence-corrected chi connectivity index (χ0v) is 21.9. The van der Waals surface area contributed by atoms with Crippen LogP contribution >= 0.6 is 0 Å². The van der Waals surface area contributed by atoms with Crippen molar-refractivity contribution >= 4 is 11.9 Å². The van der Waals surface area contributed by atoms with Crippen LogP contribution in [0, 0.1) is 13.8 Å². The van der Waals surface area contributed by atoms with Crippen LogP contribution in [0.4, 0.5) is 0 Å². The molecule has 1 aliphatic rings. The minimum absolute atomic E-state index is 0.129. The average molecular weight is 505 g/mol. The van der Waals surface area contributed by atoms with Gasteiger partial charge in [0, 0.05) is 5.41 Å². The van der Waals surface area contributed by atoms with E-state index in [2.05, 4.69) is 24.3 Å². The summed E-state index contributed by atoms with van der Waals surface area (Å²) in [6.45, 7) is 3.91. The highest BCUT2D eigenvalue weighted by molar-refractivity contribution is 5.91. The van der Waals surface area contributed by atoms with Crippen molar-refractivity contribution in [2.45, 2.75) is 51.4 Å². The number of hydrogen-bond donors (Lipinski definition) is 0. The second kappa shape index (κ2) is 11.1. The van der Waals surface area contributed by atoms with E-state index < -0.39 is 0 Å². The highest BCUT2D eigenvalue weighted by Crippen LogP contribution is 2.45. The van der Waals surface area contributed by atoms with E-state index in [1.54, 1.807) is 12.1 Å². The van der Waals surface area contributed by atoms with Crippen LogP contribution in [0.25, 0.3) is 0 Å². The second-order valence-corrected chi connectivity index (χ2v) is 10.2. The van der Waals surface area contributed by atoms with Crippen LogP contribution in [0.15, 0.2) is 97.1 Å². The number of benzene rings is 4. The molecule has 0 heterocycles. The highest BCUT2D eigenvalue weighted by atomic mass is 16.5. The quantitative estimate of drug-likeness (QED) is 0.197. The Balaban J connectivity index is 1.34. The Morgan fingerprint density at radius 3 is 1.39 bits per heavy atom. The number of ether oxygens (including phenoxy) is 2. The maximum absolute atomic E-state index is 12.6. The van der Waals surface area contributed by atoms with Crippen LogP contribution in [0.5, 0.6) is 11.5 Å². The molecule has 1 aliphatic carbocycles. The summed E-state index contributed by atoms with van der Waals surface area (Å²) in [6, 6.07) is 30.7. The van der Waals surface area contributed by atoms with E-state index in [1.165, 1.54) is 17.5 Å². The van der Waals surface area contributed by atoms with Gasteiger partial charge < -0.3 is 9.47 Å². The fraction of sp³-hybridized carbons (Fsp3) is 0.235. The smallest absolute Gasteiger partial charge is 0.343 e. The summed E-state index contributed by atoms with van der Waals surface area (Å²) >= 11 is 0. The van der Waals surface area contributed by atoms with Gasteiger partial charge in [0.1, 0.15) is 11.5 Å². The molecular formula is C34H32O4. The van der Waals surface area contributed by atoms with E-state index in [4.69, 9.17) is 9.47 Å². The number of hydrogen-bond acceptors (Lipinski definition) is 4. The standard InChI is InChI=1S/C34H32O4/c1-24-8-6-10-26(22-24)32(35)37-30-16-12-28(13-17-30)34(20-4-3-5-21-34)29-14-18-31(19-15-29)38-33(36)27-11-7-9-25(2)23-27/h6-19,22-23H,3-5,20-21H2,1-2H3. The number of carbonyl (C=O) groups is 2. The molecule has 5 rings (SSSR count). The minimum atomic E-state index is -0.357. The zero-order chi connectivity index (χ0) is 26.5. The monoisotopic (exact) mass is 504 g/mol. The van der Waals surface area contributed by atoms with Gasteiger partial charge in [0.25, 0.3) is 0 Å². The number of rotatable bonds is 6. The molecule has 4 heteroatoms. The molecule has 0 atom stereocenters. The predicted molar refractivity (Wildman–Crippen MR) is 149 cm³/mol. The first-order chi connectivity index (χ1) is 18.4. The maximum atomic E-state index is 12.6. The van der Waals surface area contributed by atoms with Crippen LogP contribution in [0.1, 0.15) is 75.1 Å². The summed E-state index contributed by atoms with van der Waals surface area (Å²) in [5, 5.41) is 0. The van der Waals surface area contributed by atoms with Crippen molar-refractivity contribution in [1.82, 2.24) is 0 Å². The van der Waals surface area contributed by atoms with Crippen molar-refractivity contribution < 1.29 is 19.1 Å². The van der Waals surface area contributed by atoms with Gasteiger partial charge in [-0.2, -0.15) is 0 Å². The molecule has 0 aliphatic heterocycles. The SMILES string of the molecule is Cc1cccc(C(=O)Oc2ccc(C3(c4ccc(OC(=O)c5cccc(C)c5)cc4)CCCCC3)cc2)c1. The molecular weight excluding hydrogens is 472 g/mol. The molecule has 0 amide bonds. The van der Waals surface area contributed by atoms with Gasteiger partial charge in [0.05, 0.1) is 11.1 Å². The molecule has 0 radical (unpaired) electrons. The fourth-order valence-electron chi connectivity index (χ4n) is 5.46. The number of esters is 2. The van der Waals surface area contributed by atoms with Crippen molar-refractivity contribution in [1.29, 1.82) is 0 Å². The van der Waals surface area contributed by atoms with E-state index in [9.17, 15) is 9.59 Å². The van der Waals surface area contributed by atoms with E-state index in [-0.39, 0.29) is 17.4 Å². The molecule has 4 aromatic rings. The third kappa shape index (κ3) is 5.55. The Kier molecular flexibility index (Phi) is 7.41. The van der Waals surface area contributed by atoms with Gasteiger partial charge in [-0.15, -0.1) is 0 Å². The van der Waals surface area contributed by atoms with E-state index in [1.807, 2.05) is 74.5 Å². The van der Waals surface area contributed by atoms with Gasteiger partial charge in [-0.25, -0.2) is 9.59 Å². The highest BCUT2D eigenvalue weighted by Gasteiger charge is 2.35. The molecule has 0 spiro atoms. The third-order valence-corrected chi connectivity index (χ3v) is 7.45. The van der Waals surface area contributed by atoms with Crippen LogP contribution in [-0.2, 0) is 5.41 Å². The first-order valence-electron chi connectivity index (χ1n) is 13.2. The zero-order valence-electron chi connectivity index (χ0n) is 21.9. The van der Waals surface area contributed by atoms with Gasteiger partial charge in [-0.05, 0) is 86.3 Å². The van der Waals surface area contributed by atoms with Crippen molar-refractivity contribution in [2.24, 2.45) is 0 Å². The lowest BCUT2D eigenvalue weighted by atomic mass is 9.65. The Bertz CT molecular complexity index is 1320. The molecule has 4 aromatic carbocycles. The number of carbonyl (C=O) groups excluding carboxylic acids is 2. The van der Waals surface area contributed by atoms with Crippen LogP contribution in [-0.4, -0.2) is 11.9 Å². The van der Waals surface area contributed by atoms with Crippen molar-refractivity contribution in [2.75, 3.05) is 0 Å². The molecule has 192 valence electrons.